The molecule has 2 aromatic rings. The molecule has 0 radical (unpaired) electrons. The zero-order valence-electron chi connectivity index (χ0n) is 14.1. The number of aryl methyl sites for hydroxylation is 1. The number of sulfonamides is 1. The highest BCUT2D eigenvalue weighted by atomic mass is 32.2. The number of hydrogen-bond donors (Lipinski definition) is 1. The van der Waals surface area contributed by atoms with Crippen molar-refractivity contribution in [3.63, 3.8) is 0 Å². The molecule has 1 fully saturated rings. The average Bonchev–Trinajstić information content (AvgIpc) is 2.93. The highest BCUT2D eigenvalue weighted by Crippen LogP contribution is 2.17. The van der Waals surface area contributed by atoms with Crippen LogP contribution in [0.1, 0.15) is 31.0 Å². The third kappa shape index (κ3) is 4.22. The van der Waals surface area contributed by atoms with Crippen LogP contribution in [0.5, 0.6) is 0 Å². The molecule has 26 heavy (non-hydrogen) atoms. The number of aromatic nitrogens is 3. The second kappa shape index (κ2) is 7.46. The van der Waals surface area contributed by atoms with Crippen LogP contribution >= 0.6 is 0 Å². The molecule has 9 nitrogen and oxygen atoms in total. The molecule has 1 aliphatic rings. The van der Waals surface area contributed by atoms with Crippen molar-refractivity contribution in [3.05, 3.63) is 36.0 Å². The first-order valence-corrected chi connectivity index (χ1v) is 9.54. The van der Waals surface area contributed by atoms with E-state index in [9.17, 15) is 17.6 Å². The van der Waals surface area contributed by atoms with E-state index in [2.05, 4.69) is 19.8 Å². The van der Waals surface area contributed by atoms with Gasteiger partial charge in [-0.1, -0.05) is 5.16 Å². The quantitative estimate of drug-likeness (QED) is 0.810. The fraction of sp³-hybridized carbons (Fsp3) is 0.467. The molecule has 1 aliphatic heterocycles. The summed E-state index contributed by atoms with van der Waals surface area (Å²) in [5, 5.41) is 3.68. The molecule has 1 N–H and O–H groups in total. The summed E-state index contributed by atoms with van der Waals surface area (Å²) in [7, 11) is -4.08. The van der Waals surface area contributed by atoms with Gasteiger partial charge < -0.3 is 9.42 Å². The first-order valence-electron chi connectivity index (χ1n) is 8.06. The Morgan fingerprint density at radius 2 is 2.19 bits per heavy atom. The molecule has 1 amide bonds. The number of likely N-dealkylation sites (tertiary alicyclic amines) is 1. The minimum Gasteiger partial charge on any atom is -0.337 e. The van der Waals surface area contributed by atoms with Crippen LogP contribution in [0.25, 0.3) is 0 Å². The Morgan fingerprint density at radius 1 is 1.38 bits per heavy atom. The van der Waals surface area contributed by atoms with Crippen molar-refractivity contribution in [2.24, 2.45) is 0 Å². The molecular weight excluding hydrogens is 365 g/mol. The molecule has 1 atom stereocenters. The Balaban J connectivity index is 1.76. The molecular formula is C15H18FN5O4S. The van der Waals surface area contributed by atoms with Gasteiger partial charge in [0, 0.05) is 12.7 Å². The van der Waals surface area contributed by atoms with Crippen molar-refractivity contribution in [1.82, 2.24) is 24.7 Å². The van der Waals surface area contributed by atoms with E-state index in [0.29, 0.717) is 25.2 Å². The topological polar surface area (TPSA) is 118 Å². The average molecular weight is 383 g/mol. The van der Waals surface area contributed by atoms with E-state index in [1.807, 2.05) is 0 Å². The molecule has 3 rings (SSSR count). The van der Waals surface area contributed by atoms with Crippen LogP contribution in [0.15, 0.2) is 27.9 Å². The minimum absolute atomic E-state index is 0.111. The molecule has 140 valence electrons. The number of carbonyl (C=O) groups is 1. The highest BCUT2D eigenvalue weighted by Gasteiger charge is 2.32. The van der Waals surface area contributed by atoms with Gasteiger partial charge in [0.2, 0.25) is 21.8 Å². The van der Waals surface area contributed by atoms with Gasteiger partial charge in [-0.25, -0.2) is 12.8 Å². The normalized spacial score (nSPS) is 18.8. The molecule has 2 aromatic heterocycles. The Morgan fingerprint density at radius 3 is 2.88 bits per heavy atom. The van der Waals surface area contributed by atoms with E-state index in [1.54, 1.807) is 6.92 Å². The van der Waals surface area contributed by atoms with Gasteiger partial charge in [0.05, 0.1) is 6.20 Å². The predicted molar refractivity (Wildman–Crippen MR) is 86.6 cm³/mol. The van der Waals surface area contributed by atoms with Gasteiger partial charge in [-0.3, -0.25) is 9.78 Å². The lowest BCUT2D eigenvalue weighted by atomic mass is 10.1. The first kappa shape index (κ1) is 18.4. The summed E-state index contributed by atoms with van der Waals surface area (Å²) in [5.41, 5.74) is 0. The number of halogens is 1. The lowest BCUT2D eigenvalue weighted by Crippen LogP contribution is -2.47. The summed E-state index contributed by atoms with van der Waals surface area (Å²) >= 11 is 0. The number of nitrogens with one attached hydrogen (secondary N) is 1. The Labute approximate surface area is 149 Å². The molecule has 0 aliphatic carbocycles. The largest absolute Gasteiger partial charge is 0.337 e. The number of pyridine rings is 1. The zero-order chi connectivity index (χ0) is 18.7. The standard InChI is InChI=1S/C15H18FN5O4S/c1-10-18-14(25-19-10)9-21-5-3-2-4-13(15(21)22)20-26(23,24)12-6-11(16)7-17-8-12/h6-8,13,20H,2-5,9H2,1H3. The van der Waals surface area contributed by atoms with Crippen molar-refractivity contribution in [1.29, 1.82) is 0 Å². The lowest BCUT2D eigenvalue weighted by molar-refractivity contribution is -0.133. The molecule has 0 aromatic carbocycles. The van der Waals surface area contributed by atoms with E-state index in [-0.39, 0.29) is 23.2 Å². The minimum atomic E-state index is -4.08. The van der Waals surface area contributed by atoms with Crippen LogP contribution in [0.2, 0.25) is 0 Å². The van der Waals surface area contributed by atoms with Gasteiger partial charge in [0.1, 0.15) is 23.3 Å². The van der Waals surface area contributed by atoms with Crippen LogP contribution in [0.4, 0.5) is 4.39 Å². The Bertz CT molecular complexity index is 901. The number of amides is 1. The van der Waals surface area contributed by atoms with Gasteiger partial charge in [-0.05, 0) is 32.3 Å². The van der Waals surface area contributed by atoms with E-state index in [4.69, 9.17) is 4.52 Å². The smallest absolute Gasteiger partial charge is 0.246 e. The van der Waals surface area contributed by atoms with Crippen molar-refractivity contribution >= 4 is 15.9 Å². The summed E-state index contributed by atoms with van der Waals surface area (Å²) in [5.74, 6) is -0.411. The van der Waals surface area contributed by atoms with E-state index in [1.165, 1.54) is 4.90 Å². The van der Waals surface area contributed by atoms with Gasteiger partial charge >= 0.3 is 0 Å². The van der Waals surface area contributed by atoms with Crippen molar-refractivity contribution in [3.8, 4) is 0 Å². The molecule has 1 saturated heterocycles. The van der Waals surface area contributed by atoms with Gasteiger partial charge in [-0.15, -0.1) is 0 Å². The van der Waals surface area contributed by atoms with Crippen LogP contribution in [0, 0.1) is 12.7 Å². The van der Waals surface area contributed by atoms with Crippen LogP contribution < -0.4 is 4.72 Å². The number of nitrogens with zero attached hydrogens (tertiary/aromatic N) is 4. The van der Waals surface area contributed by atoms with Crippen molar-refractivity contribution in [2.45, 2.75) is 43.7 Å². The van der Waals surface area contributed by atoms with Crippen molar-refractivity contribution in [2.75, 3.05) is 6.54 Å². The molecule has 0 bridgehead atoms. The maximum atomic E-state index is 13.3. The maximum Gasteiger partial charge on any atom is 0.246 e. The molecule has 3 heterocycles. The van der Waals surface area contributed by atoms with E-state index >= 15 is 0 Å². The Kier molecular flexibility index (Phi) is 5.28. The fourth-order valence-electron chi connectivity index (χ4n) is 2.73. The van der Waals surface area contributed by atoms with Crippen LogP contribution in [-0.4, -0.2) is 46.9 Å². The number of rotatable bonds is 5. The number of carbonyl (C=O) groups excluding carboxylic acids is 1. The maximum absolute atomic E-state index is 13.3. The second-order valence-electron chi connectivity index (χ2n) is 6.00. The van der Waals surface area contributed by atoms with E-state index in [0.717, 1.165) is 24.9 Å². The highest BCUT2D eigenvalue weighted by molar-refractivity contribution is 7.89. The SMILES string of the molecule is Cc1noc(CN2CCCCC(NS(=O)(=O)c3cncc(F)c3)C2=O)n1. The third-order valence-electron chi connectivity index (χ3n) is 3.96. The van der Waals surface area contributed by atoms with E-state index < -0.39 is 21.9 Å². The number of hydrogen-bond acceptors (Lipinski definition) is 7. The van der Waals surface area contributed by atoms with Crippen LogP contribution in [0.3, 0.4) is 0 Å². The summed E-state index contributed by atoms with van der Waals surface area (Å²) in [6, 6.07) is -0.0926. The van der Waals surface area contributed by atoms with Crippen LogP contribution in [-0.2, 0) is 21.4 Å². The zero-order valence-corrected chi connectivity index (χ0v) is 14.9. The summed E-state index contributed by atoms with van der Waals surface area (Å²) < 4.78 is 45.6. The van der Waals surface area contributed by atoms with Gasteiger partial charge in [0.15, 0.2) is 5.82 Å². The molecule has 0 spiro atoms. The summed E-state index contributed by atoms with van der Waals surface area (Å²) in [6.45, 7) is 2.24. The molecule has 11 heteroatoms. The first-order chi connectivity index (χ1) is 12.3. The van der Waals surface area contributed by atoms with Gasteiger partial charge in [0.25, 0.3) is 0 Å². The lowest BCUT2D eigenvalue weighted by Gasteiger charge is -2.23. The molecule has 1 unspecified atom stereocenters. The predicted octanol–water partition coefficient (Wildman–Crippen LogP) is 0.772. The third-order valence-corrected chi connectivity index (χ3v) is 5.40. The summed E-state index contributed by atoms with van der Waals surface area (Å²) in [6.07, 6.45) is 3.67. The van der Waals surface area contributed by atoms with Crippen molar-refractivity contribution < 1.29 is 22.1 Å². The van der Waals surface area contributed by atoms with Gasteiger partial charge in [-0.2, -0.15) is 9.71 Å². The fourth-order valence-corrected chi connectivity index (χ4v) is 3.93. The Hall–Kier alpha value is -2.40. The molecule has 0 saturated carbocycles. The second-order valence-corrected chi connectivity index (χ2v) is 7.72. The summed E-state index contributed by atoms with van der Waals surface area (Å²) in [4.78, 5) is 21.5. The monoisotopic (exact) mass is 383 g/mol.